The van der Waals surface area contributed by atoms with Crippen molar-refractivity contribution < 1.29 is 4.74 Å². The predicted molar refractivity (Wildman–Crippen MR) is 78.7 cm³/mol. The van der Waals surface area contributed by atoms with Crippen LogP contribution in [0.25, 0.3) is 0 Å². The van der Waals surface area contributed by atoms with Crippen LogP contribution in [-0.2, 0) is 4.74 Å². The molecule has 2 unspecified atom stereocenters. The van der Waals surface area contributed by atoms with E-state index in [1.165, 1.54) is 31.2 Å². The molecule has 1 aliphatic carbocycles. The third kappa shape index (κ3) is 2.85. The Morgan fingerprint density at radius 2 is 1.79 bits per heavy atom. The maximum Gasteiger partial charge on any atom is 0.0557 e. The minimum atomic E-state index is 0.646. The fraction of sp³-hybridized carbons (Fsp3) is 0.647. The van der Waals surface area contributed by atoms with Crippen LogP contribution in [0.4, 0.5) is 0 Å². The third-order valence-electron chi connectivity index (χ3n) is 4.87. The zero-order valence-corrected chi connectivity index (χ0v) is 12.1. The molecule has 0 bridgehead atoms. The summed E-state index contributed by atoms with van der Waals surface area (Å²) in [6, 6.07) is 10.0. The highest BCUT2D eigenvalue weighted by Crippen LogP contribution is 2.36. The molecule has 1 saturated heterocycles. The molecule has 0 radical (unpaired) electrons. The van der Waals surface area contributed by atoms with E-state index in [2.05, 4.69) is 43.3 Å². The SMILES string of the molecule is CN(C)C1CCCC(c2cccc(C3COC3)c2)C1. The maximum atomic E-state index is 5.32. The first-order valence-electron chi connectivity index (χ1n) is 7.58. The summed E-state index contributed by atoms with van der Waals surface area (Å²) in [6.45, 7) is 1.82. The molecule has 1 heterocycles. The number of hydrogen-bond acceptors (Lipinski definition) is 2. The average molecular weight is 259 g/mol. The number of rotatable bonds is 3. The average Bonchev–Trinajstić information content (AvgIpc) is 2.37. The van der Waals surface area contributed by atoms with Crippen LogP contribution in [0.1, 0.15) is 48.6 Å². The van der Waals surface area contributed by atoms with Gasteiger partial charge in [0, 0.05) is 12.0 Å². The highest BCUT2D eigenvalue weighted by atomic mass is 16.5. The van der Waals surface area contributed by atoms with Gasteiger partial charge in [-0.05, 0) is 50.4 Å². The molecular weight excluding hydrogens is 234 g/mol. The number of hydrogen-bond donors (Lipinski definition) is 0. The van der Waals surface area contributed by atoms with E-state index in [0.29, 0.717) is 5.92 Å². The fourth-order valence-electron chi connectivity index (χ4n) is 3.43. The molecule has 104 valence electrons. The monoisotopic (exact) mass is 259 g/mol. The Morgan fingerprint density at radius 3 is 2.42 bits per heavy atom. The van der Waals surface area contributed by atoms with E-state index in [0.717, 1.165) is 25.2 Å². The van der Waals surface area contributed by atoms with Gasteiger partial charge >= 0.3 is 0 Å². The second-order valence-electron chi connectivity index (χ2n) is 6.39. The molecule has 0 N–H and O–H groups in total. The van der Waals surface area contributed by atoms with Crippen molar-refractivity contribution in [2.24, 2.45) is 0 Å². The van der Waals surface area contributed by atoms with Gasteiger partial charge in [0.15, 0.2) is 0 Å². The molecule has 0 spiro atoms. The zero-order chi connectivity index (χ0) is 13.2. The minimum Gasteiger partial charge on any atom is -0.380 e. The summed E-state index contributed by atoms with van der Waals surface area (Å²) >= 11 is 0. The van der Waals surface area contributed by atoms with Crippen molar-refractivity contribution in [3.05, 3.63) is 35.4 Å². The van der Waals surface area contributed by atoms with Gasteiger partial charge in [-0.1, -0.05) is 30.7 Å². The largest absolute Gasteiger partial charge is 0.380 e. The summed E-state index contributed by atoms with van der Waals surface area (Å²) in [7, 11) is 4.43. The van der Waals surface area contributed by atoms with Crippen LogP contribution in [0.2, 0.25) is 0 Å². The number of ether oxygens (including phenoxy) is 1. The summed E-state index contributed by atoms with van der Waals surface area (Å²) in [4.78, 5) is 2.40. The predicted octanol–water partition coefficient (Wildman–Crippen LogP) is 3.39. The molecule has 1 aliphatic heterocycles. The van der Waals surface area contributed by atoms with Gasteiger partial charge < -0.3 is 9.64 Å². The van der Waals surface area contributed by atoms with Crippen LogP contribution in [0, 0.1) is 0 Å². The second kappa shape index (κ2) is 5.64. The molecule has 2 fully saturated rings. The summed E-state index contributed by atoms with van der Waals surface area (Å²) in [5, 5.41) is 0. The van der Waals surface area contributed by atoms with Crippen molar-refractivity contribution >= 4 is 0 Å². The molecule has 0 aromatic heterocycles. The van der Waals surface area contributed by atoms with Gasteiger partial charge in [-0.15, -0.1) is 0 Å². The van der Waals surface area contributed by atoms with Crippen molar-refractivity contribution in [1.82, 2.24) is 4.90 Å². The molecular formula is C17H25NO. The maximum absolute atomic E-state index is 5.32. The Balaban J connectivity index is 1.73. The Bertz CT molecular complexity index is 425. The van der Waals surface area contributed by atoms with Crippen LogP contribution >= 0.6 is 0 Å². The Hall–Kier alpha value is -0.860. The molecule has 2 aliphatic rings. The summed E-state index contributed by atoms with van der Waals surface area (Å²) in [5.74, 6) is 1.40. The fourth-order valence-corrected chi connectivity index (χ4v) is 3.43. The highest BCUT2D eigenvalue weighted by molar-refractivity contribution is 5.30. The van der Waals surface area contributed by atoms with E-state index in [4.69, 9.17) is 4.74 Å². The molecule has 1 aromatic rings. The first-order chi connectivity index (χ1) is 9.24. The standard InChI is InChI=1S/C17H25NO/c1-18(2)17-8-4-7-15(10-17)13-5-3-6-14(9-13)16-11-19-12-16/h3,5-6,9,15-17H,4,7-8,10-12H2,1-2H3. The number of benzene rings is 1. The van der Waals surface area contributed by atoms with Crippen molar-refractivity contribution in [2.75, 3.05) is 27.3 Å². The van der Waals surface area contributed by atoms with Gasteiger partial charge in [0.05, 0.1) is 13.2 Å². The van der Waals surface area contributed by atoms with E-state index in [1.54, 1.807) is 5.56 Å². The van der Waals surface area contributed by atoms with E-state index in [1.807, 2.05) is 0 Å². The van der Waals surface area contributed by atoms with E-state index in [-0.39, 0.29) is 0 Å². The first-order valence-corrected chi connectivity index (χ1v) is 7.58. The second-order valence-corrected chi connectivity index (χ2v) is 6.39. The number of nitrogens with zero attached hydrogens (tertiary/aromatic N) is 1. The van der Waals surface area contributed by atoms with Crippen LogP contribution in [-0.4, -0.2) is 38.3 Å². The quantitative estimate of drug-likeness (QED) is 0.825. The Labute approximate surface area is 116 Å². The Kier molecular flexibility index (Phi) is 3.90. The molecule has 3 rings (SSSR count). The summed E-state index contributed by atoms with van der Waals surface area (Å²) < 4.78 is 5.32. The molecule has 2 heteroatoms. The van der Waals surface area contributed by atoms with Gasteiger partial charge in [0.25, 0.3) is 0 Å². The zero-order valence-electron chi connectivity index (χ0n) is 12.1. The summed E-state index contributed by atoms with van der Waals surface area (Å²) in [6.07, 6.45) is 5.40. The lowest BCUT2D eigenvalue weighted by Gasteiger charge is -2.34. The molecule has 0 amide bonds. The van der Waals surface area contributed by atoms with Gasteiger partial charge in [0.2, 0.25) is 0 Å². The van der Waals surface area contributed by atoms with Crippen LogP contribution < -0.4 is 0 Å². The lowest BCUT2D eigenvalue weighted by Crippen LogP contribution is -2.32. The molecule has 1 saturated carbocycles. The van der Waals surface area contributed by atoms with Gasteiger partial charge in [0.1, 0.15) is 0 Å². The molecule has 1 aromatic carbocycles. The highest BCUT2D eigenvalue weighted by Gasteiger charge is 2.26. The van der Waals surface area contributed by atoms with Crippen LogP contribution in [0.15, 0.2) is 24.3 Å². The van der Waals surface area contributed by atoms with Gasteiger partial charge in [-0.3, -0.25) is 0 Å². The third-order valence-corrected chi connectivity index (χ3v) is 4.87. The molecule has 19 heavy (non-hydrogen) atoms. The van der Waals surface area contributed by atoms with Gasteiger partial charge in [-0.25, -0.2) is 0 Å². The minimum absolute atomic E-state index is 0.646. The topological polar surface area (TPSA) is 12.5 Å². The van der Waals surface area contributed by atoms with Gasteiger partial charge in [-0.2, -0.15) is 0 Å². The van der Waals surface area contributed by atoms with Crippen molar-refractivity contribution in [3.63, 3.8) is 0 Å². The van der Waals surface area contributed by atoms with Crippen LogP contribution in [0.5, 0.6) is 0 Å². The van der Waals surface area contributed by atoms with E-state index in [9.17, 15) is 0 Å². The summed E-state index contributed by atoms with van der Waals surface area (Å²) in [5.41, 5.74) is 3.03. The normalized spacial score (nSPS) is 28.4. The van der Waals surface area contributed by atoms with Crippen molar-refractivity contribution in [3.8, 4) is 0 Å². The molecule has 2 nitrogen and oxygen atoms in total. The first kappa shape index (κ1) is 13.1. The Morgan fingerprint density at radius 1 is 1.05 bits per heavy atom. The lowest BCUT2D eigenvalue weighted by molar-refractivity contribution is 0.00838. The molecule has 2 atom stereocenters. The lowest BCUT2D eigenvalue weighted by atomic mass is 9.80. The van der Waals surface area contributed by atoms with E-state index >= 15 is 0 Å². The van der Waals surface area contributed by atoms with Crippen molar-refractivity contribution in [1.29, 1.82) is 0 Å². The smallest absolute Gasteiger partial charge is 0.0557 e. The van der Waals surface area contributed by atoms with Crippen LogP contribution in [0.3, 0.4) is 0 Å². The van der Waals surface area contributed by atoms with E-state index < -0.39 is 0 Å². The van der Waals surface area contributed by atoms with Crippen molar-refractivity contribution in [2.45, 2.75) is 43.6 Å².